The molecule has 0 fully saturated rings. The lowest BCUT2D eigenvalue weighted by Crippen LogP contribution is -2.20. The topological polar surface area (TPSA) is 72.8 Å². The van der Waals surface area contributed by atoms with Crippen molar-refractivity contribution in [3.05, 3.63) is 105 Å². The summed E-state index contributed by atoms with van der Waals surface area (Å²) in [7, 11) is -6.41. The summed E-state index contributed by atoms with van der Waals surface area (Å²) >= 11 is 0. The van der Waals surface area contributed by atoms with Crippen molar-refractivity contribution in [3.8, 4) is 11.5 Å². The SMILES string of the molecule is CC(C)(C)c1cc(C(C)(C)C)c2cc(O[P+](O)(Oc3cc4c(C(C)(C)C)cc(C(C)(C)C)cc4cc3C(C)(C)C)C3=CCC(=S(=O)=O)C=C3)c(C(C)(C)C)cc2c1. The predicted molar refractivity (Wildman–Crippen MR) is 246 cm³/mol. The first-order valence-electron chi connectivity index (χ1n) is 20.3. The minimum atomic E-state index is -4.02. The number of rotatable bonds is 5. The molecule has 4 aromatic rings. The van der Waals surface area contributed by atoms with Crippen LogP contribution in [-0.4, -0.2) is 18.2 Å². The molecule has 0 saturated carbocycles. The van der Waals surface area contributed by atoms with Gasteiger partial charge in [0.05, 0.1) is 4.86 Å². The third-order valence-electron chi connectivity index (χ3n) is 11.0. The van der Waals surface area contributed by atoms with Crippen molar-refractivity contribution >= 4 is 44.6 Å². The minimum Gasteiger partial charge on any atom is -0.273 e. The van der Waals surface area contributed by atoms with Crippen LogP contribution in [-0.2, 0) is 42.8 Å². The Morgan fingerprint density at radius 3 is 1.14 bits per heavy atom. The van der Waals surface area contributed by atoms with Crippen molar-refractivity contribution in [3.63, 3.8) is 0 Å². The van der Waals surface area contributed by atoms with Gasteiger partial charge in [0, 0.05) is 17.5 Å². The third-order valence-corrected chi connectivity index (χ3v) is 13.6. The van der Waals surface area contributed by atoms with E-state index in [9.17, 15) is 13.3 Å². The summed E-state index contributed by atoms with van der Waals surface area (Å²) in [5.41, 5.74) is 5.59. The Morgan fingerprint density at radius 1 is 0.491 bits per heavy atom. The van der Waals surface area contributed by atoms with E-state index in [1.807, 2.05) is 0 Å². The Bertz CT molecular complexity index is 2300. The standard InChI is InChI=1S/C50H68O5PS/c1-45(2,3)33-23-31-25-41(49(13,14)15)43(29-37(31)39(27-33)47(7,8)9)54-56(51,35-19-21-36(22-20-35)57(52)53)55-44-30-38-32(26-42(44)50(16,17)18)24-34(46(4,5)6)28-40(38)48(10,11)12/h19-21,23-30,51H,22H2,1-18H3/q+1. The van der Waals surface area contributed by atoms with Crippen LogP contribution in [0.3, 0.4) is 0 Å². The Balaban J connectivity index is 1.85. The molecule has 0 atom stereocenters. The molecule has 0 spiro atoms. The Morgan fingerprint density at radius 2 is 0.860 bits per heavy atom. The molecule has 308 valence electrons. The van der Waals surface area contributed by atoms with Crippen LogP contribution in [0.25, 0.3) is 21.5 Å². The van der Waals surface area contributed by atoms with E-state index in [1.54, 1.807) is 18.2 Å². The normalized spacial score (nSPS) is 15.0. The molecule has 0 saturated heterocycles. The summed E-state index contributed by atoms with van der Waals surface area (Å²) in [5.74, 6) is 1.08. The molecule has 4 aromatic carbocycles. The summed E-state index contributed by atoms with van der Waals surface area (Å²) in [6.45, 7) is 39.8. The van der Waals surface area contributed by atoms with E-state index >= 15 is 0 Å². The predicted octanol–water partition coefficient (Wildman–Crippen LogP) is 13.9. The fraction of sp³-hybridized carbons (Fsp3) is 0.500. The van der Waals surface area contributed by atoms with Crippen LogP contribution in [0.2, 0.25) is 0 Å². The molecule has 0 aromatic heterocycles. The van der Waals surface area contributed by atoms with Crippen LogP contribution in [0.5, 0.6) is 11.5 Å². The second kappa shape index (κ2) is 14.7. The molecule has 1 aliphatic rings. The van der Waals surface area contributed by atoms with Crippen molar-refractivity contribution in [1.82, 2.24) is 0 Å². The lowest BCUT2D eigenvalue weighted by molar-refractivity contribution is 0.349. The minimum absolute atomic E-state index is 0.0555. The first-order valence-corrected chi connectivity index (χ1v) is 23.0. The van der Waals surface area contributed by atoms with E-state index in [0.29, 0.717) is 16.8 Å². The van der Waals surface area contributed by atoms with Gasteiger partial charge in [0.15, 0.2) is 16.8 Å². The van der Waals surface area contributed by atoms with Gasteiger partial charge in [-0.1, -0.05) is 149 Å². The number of fused-ring (bicyclic) bond motifs is 2. The Kier molecular flexibility index (Phi) is 11.5. The number of allylic oxidation sites excluding steroid dienone is 4. The lowest BCUT2D eigenvalue weighted by atomic mass is 9.76. The quantitative estimate of drug-likeness (QED) is 0.161. The van der Waals surface area contributed by atoms with E-state index in [-0.39, 0.29) is 43.8 Å². The van der Waals surface area contributed by atoms with Crippen LogP contribution in [0.15, 0.2) is 72.1 Å². The highest BCUT2D eigenvalue weighted by Crippen LogP contribution is 2.66. The molecule has 0 radical (unpaired) electrons. The van der Waals surface area contributed by atoms with E-state index in [1.165, 1.54) is 22.3 Å². The molecule has 5 nitrogen and oxygen atoms in total. The first kappa shape index (κ1) is 44.7. The number of benzene rings is 4. The fourth-order valence-electron chi connectivity index (χ4n) is 7.46. The van der Waals surface area contributed by atoms with Crippen LogP contribution in [0.1, 0.15) is 164 Å². The van der Waals surface area contributed by atoms with Gasteiger partial charge in [-0.2, -0.15) is 13.3 Å². The largest absolute Gasteiger partial charge is 0.532 e. The van der Waals surface area contributed by atoms with E-state index in [4.69, 9.17) is 9.05 Å². The Labute approximate surface area is 346 Å². The van der Waals surface area contributed by atoms with E-state index in [0.717, 1.165) is 32.7 Å². The summed E-state index contributed by atoms with van der Waals surface area (Å²) in [5, 5.41) is 4.78. The van der Waals surface area contributed by atoms with Crippen molar-refractivity contribution in [2.24, 2.45) is 0 Å². The highest BCUT2D eigenvalue weighted by atomic mass is 32.2. The van der Waals surface area contributed by atoms with Crippen LogP contribution in [0, 0.1) is 0 Å². The zero-order valence-corrected chi connectivity index (χ0v) is 39.7. The maximum absolute atomic E-state index is 13.2. The monoisotopic (exact) mass is 811 g/mol. The highest BCUT2D eigenvalue weighted by molar-refractivity contribution is 7.73. The fourth-order valence-corrected chi connectivity index (χ4v) is 9.52. The van der Waals surface area contributed by atoms with Crippen LogP contribution < -0.4 is 9.05 Å². The van der Waals surface area contributed by atoms with E-state index < -0.39 is 18.2 Å². The molecule has 57 heavy (non-hydrogen) atoms. The van der Waals surface area contributed by atoms with Crippen molar-refractivity contribution in [1.29, 1.82) is 0 Å². The van der Waals surface area contributed by atoms with Gasteiger partial charge >= 0.3 is 7.94 Å². The van der Waals surface area contributed by atoms with Gasteiger partial charge in [-0.3, -0.25) is 9.05 Å². The number of hydrogen-bond donors (Lipinski definition) is 1. The molecule has 1 aliphatic carbocycles. The molecule has 5 rings (SSSR count). The van der Waals surface area contributed by atoms with Crippen LogP contribution in [0.4, 0.5) is 0 Å². The molecule has 0 amide bonds. The molecule has 1 N–H and O–H groups in total. The average molecular weight is 812 g/mol. The maximum Gasteiger partial charge on any atom is 0.532 e. The van der Waals surface area contributed by atoms with Gasteiger partial charge in [0.1, 0.15) is 0 Å². The van der Waals surface area contributed by atoms with Gasteiger partial charge in [0.25, 0.3) is 0 Å². The van der Waals surface area contributed by atoms with Gasteiger partial charge in [-0.05, 0) is 119 Å². The summed E-state index contributed by atoms with van der Waals surface area (Å²) in [6, 6.07) is 17.8. The second-order valence-electron chi connectivity index (χ2n) is 22.3. The van der Waals surface area contributed by atoms with Gasteiger partial charge < -0.3 is 0 Å². The van der Waals surface area contributed by atoms with Gasteiger partial charge in [-0.25, -0.2) is 0 Å². The highest BCUT2D eigenvalue weighted by Gasteiger charge is 2.51. The van der Waals surface area contributed by atoms with Gasteiger partial charge in [-0.15, -0.1) is 0 Å². The third kappa shape index (κ3) is 9.56. The van der Waals surface area contributed by atoms with Crippen molar-refractivity contribution in [2.75, 3.05) is 0 Å². The smallest absolute Gasteiger partial charge is 0.273 e. The van der Waals surface area contributed by atoms with Crippen molar-refractivity contribution in [2.45, 2.75) is 164 Å². The van der Waals surface area contributed by atoms with Gasteiger partial charge in [0.2, 0.25) is 10.3 Å². The Hall–Kier alpha value is -3.44. The molecule has 0 heterocycles. The summed E-state index contributed by atoms with van der Waals surface area (Å²) in [4.78, 5) is 13.5. The number of hydrogen-bond acceptors (Lipinski definition) is 5. The summed E-state index contributed by atoms with van der Waals surface area (Å²) < 4.78 is 38.2. The molecular formula is C50H68O5PS+. The molecule has 0 aliphatic heterocycles. The molecule has 0 unspecified atom stereocenters. The lowest BCUT2D eigenvalue weighted by Gasteiger charge is -2.30. The first-order chi connectivity index (χ1) is 25.7. The maximum atomic E-state index is 13.2. The second-order valence-corrected chi connectivity index (χ2v) is 25.2. The zero-order chi connectivity index (χ0) is 43.1. The summed E-state index contributed by atoms with van der Waals surface area (Å²) in [6.07, 6.45) is 5.05. The molecule has 0 bridgehead atoms. The van der Waals surface area contributed by atoms with Crippen molar-refractivity contribution < 1.29 is 22.4 Å². The van der Waals surface area contributed by atoms with E-state index in [2.05, 4.69) is 173 Å². The molecular weight excluding hydrogens is 744 g/mol. The average Bonchev–Trinajstić information content (AvgIpc) is 3.04. The van der Waals surface area contributed by atoms with Crippen LogP contribution >= 0.6 is 7.94 Å². The zero-order valence-electron chi connectivity index (χ0n) is 38.0. The molecule has 7 heteroatoms.